The summed E-state index contributed by atoms with van der Waals surface area (Å²) in [6.07, 6.45) is 0. The molecule has 1 aliphatic rings. The van der Waals surface area contributed by atoms with E-state index in [1.807, 2.05) is 28.5 Å². The van der Waals surface area contributed by atoms with Crippen molar-refractivity contribution in [3.63, 3.8) is 0 Å². The van der Waals surface area contributed by atoms with Crippen molar-refractivity contribution in [3.8, 4) is 0 Å². The smallest absolute Gasteiger partial charge is 0.273 e. The number of thiazole rings is 1. The van der Waals surface area contributed by atoms with Gasteiger partial charge in [-0.2, -0.15) is 0 Å². The molecule has 2 aromatic rings. The molecule has 0 saturated carbocycles. The van der Waals surface area contributed by atoms with Gasteiger partial charge in [-0.15, -0.1) is 36.2 Å². The lowest BCUT2D eigenvalue weighted by molar-refractivity contribution is 0.0781. The largest absolute Gasteiger partial charge is 0.336 e. The van der Waals surface area contributed by atoms with Crippen LogP contribution in [-0.4, -0.2) is 35.4 Å². The molecule has 1 aromatic heterocycles. The number of likely N-dealkylation sites (tertiary alicyclic amines) is 1. The van der Waals surface area contributed by atoms with Gasteiger partial charge in [0, 0.05) is 29.8 Å². The minimum atomic E-state index is -0.0272. The molecule has 7 heteroatoms. The Bertz CT molecular complexity index is 715. The van der Waals surface area contributed by atoms with Crippen LogP contribution >= 0.6 is 36.2 Å². The maximum absolute atomic E-state index is 12.9. The Labute approximate surface area is 172 Å². The molecule has 3 rings (SSSR count). The maximum Gasteiger partial charge on any atom is 0.273 e. The second kappa shape index (κ2) is 9.18. The summed E-state index contributed by atoms with van der Waals surface area (Å²) >= 11 is 1.56. The highest BCUT2D eigenvalue weighted by atomic mass is 35.5. The number of hydrogen-bond acceptors (Lipinski definition) is 4. The summed E-state index contributed by atoms with van der Waals surface area (Å²) < 4.78 is 0. The molecule has 1 fully saturated rings. The number of halogens is 2. The molecule has 2 atom stereocenters. The Morgan fingerprint density at radius 2 is 1.88 bits per heavy atom. The van der Waals surface area contributed by atoms with E-state index >= 15 is 0 Å². The van der Waals surface area contributed by atoms with E-state index in [1.165, 1.54) is 5.56 Å². The number of aromatic nitrogens is 1. The van der Waals surface area contributed by atoms with Gasteiger partial charge in [-0.3, -0.25) is 4.79 Å². The van der Waals surface area contributed by atoms with Crippen molar-refractivity contribution in [1.29, 1.82) is 0 Å². The first-order chi connectivity index (χ1) is 11.4. The monoisotopic (exact) mass is 415 g/mol. The Hall–Kier alpha value is -1.14. The van der Waals surface area contributed by atoms with Crippen LogP contribution in [-0.2, 0) is 5.41 Å². The van der Waals surface area contributed by atoms with Crippen molar-refractivity contribution in [2.45, 2.75) is 32.1 Å². The molecule has 26 heavy (non-hydrogen) atoms. The van der Waals surface area contributed by atoms with Crippen molar-refractivity contribution < 1.29 is 4.79 Å². The second-order valence-corrected chi connectivity index (χ2v) is 8.37. The van der Waals surface area contributed by atoms with Crippen LogP contribution in [0.2, 0.25) is 0 Å². The molecule has 1 saturated heterocycles. The predicted octanol–water partition coefficient (Wildman–Crippen LogP) is 4.10. The summed E-state index contributed by atoms with van der Waals surface area (Å²) in [5.41, 5.74) is 7.77. The van der Waals surface area contributed by atoms with E-state index in [0.29, 0.717) is 37.2 Å². The molecule has 0 bridgehead atoms. The van der Waals surface area contributed by atoms with Crippen molar-refractivity contribution >= 4 is 42.1 Å². The van der Waals surface area contributed by atoms with Crippen LogP contribution in [0.3, 0.4) is 0 Å². The van der Waals surface area contributed by atoms with Crippen LogP contribution in [0.1, 0.15) is 47.7 Å². The summed E-state index contributed by atoms with van der Waals surface area (Å²) in [5.74, 6) is 0.636. The third-order valence-corrected chi connectivity index (χ3v) is 5.89. The second-order valence-electron chi connectivity index (χ2n) is 7.51. The van der Waals surface area contributed by atoms with Gasteiger partial charge < -0.3 is 10.6 Å². The predicted molar refractivity (Wildman–Crippen MR) is 113 cm³/mol. The molecule has 1 aromatic carbocycles. The maximum atomic E-state index is 12.9. The number of carbonyl (C=O) groups is 1. The van der Waals surface area contributed by atoms with E-state index in [0.717, 1.165) is 5.01 Å². The average Bonchev–Trinajstić information content (AvgIpc) is 3.22. The first-order valence-electron chi connectivity index (χ1n) is 8.40. The van der Waals surface area contributed by atoms with E-state index in [-0.39, 0.29) is 36.1 Å². The molecule has 1 amide bonds. The van der Waals surface area contributed by atoms with Gasteiger partial charge in [0.2, 0.25) is 0 Å². The third kappa shape index (κ3) is 4.77. The number of benzene rings is 1. The first-order valence-corrected chi connectivity index (χ1v) is 9.28. The zero-order valence-corrected chi connectivity index (χ0v) is 17.8. The zero-order chi connectivity index (χ0) is 17.3. The van der Waals surface area contributed by atoms with Gasteiger partial charge in [0.15, 0.2) is 0 Å². The lowest BCUT2D eigenvalue weighted by Crippen LogP contribution is -2.30. The molecular formula is C19H27Cl2N3OS. The third-order valence-electron chi connectivity index (χ3n) is 4.62. The van der Waals surface area contributed by atoms with Crippen LogP contribution in [0.25, 0.3) is 0 Å². The molecule has 0 spiro atoms. The molecule has 1 aliphatic heterocycles. The summed E-state index contributed by atoms with van der Waals surface area (Å²) in [5, 5.41) is 2.89. The molecule has 144 valence electrons. The first kappa shape index (κ1) is 22.9. The van der Waals surface area contributed by atoms with Gasteiger partial charge >= 0.3 is 0 Å². The summed E-state index contributed by atoms with van der Waals surface area (Å²) in [6, 6.07) is 10.4. The fraction of sp³-hybridized carbons (Fsp3) is 0.474. The van der Waals surface area contributed by atoms with Crippen molar-refractivity contribution in [1.82, 2.24) is 9.88 Å². The standard InChI is InChI=1S/C19H25N3OS.2ClH/c1-19(2,3)18-21-16(12-24-18)17(23)22-10-14(9-20)15(11-22)13-7-5-4-6-8-13;;/h4-8,12,14-15H,9-11,20H2,1-3H3;2*1H/t14-,15+;;/m1../s1. The molecule has 4 nitrogen and oxygen atoms in total. The quantitative estimate of drug-likeness (QED) is 0.820. The molecule has 0 aliphatic carbocycles. The van der Waals surface area contributed by atoms with E-state index in [2.05, 4.69) is 37.9 Å². The summed E-state index contributed by atoms with van der Waals surface area (Å²) in [7, 11) is 0. The lowest BCUT2D eigenvalue weighted by atomic mass is 9.89. The normalized spacial score (nSPS) is 19.6. The Balaban J connectivity index is 0.00000169. The highest BCUT2D eigenvalue weighted by Crippen LogP contribution is 2.33. The molecule has 0 unspecified atom stereocenters. The topological polar surface area (TPSA) is 59.2 Å². The minimum Gasteiger partial charge on any atom is -0.336 e. The van der Waals surface area contributed by atoms with E-state index in [4.69, 9.17) is 5.73 Å². The molecule has 2 N–H and O–H groups in total. The van der Waals surface area contributed by atoms with Gasteiger partial charge in [0.25, 0.3) is 5.91 Å². The minimum absolute atomic E-state index is 0. The highest BCUT2D eigenvalue weighted by Gasteiger charge is 2.36. The Kier molecular flexibility index (Phi) is 8.08. The molecule has 2 heterocycles. The van der Waals surface area contributed by atoms with Crippen molar-refractivity contribution in [2.75, 3.05) is 19.6 Å². The van der Waals surface area contributed by atoms with Crippen LogP contribution in [0.15, 0.2) is 35.7 Å². The van der Waals surface area contributed by atoms with Crippen molar-refractivity contribution in [3.05, 3.63) is 52.0 Å². The van der Waals surface area contributed by atoms with E-state index in [9.17, 15) is 4.79 Å². The van der Waals surface area contributed by atoms with Gasteiger partial charge in [0.1, 0.15) is 5.69 Å². The van der Waals surface area contributed by atoms with Crippen LogP contribution in [0.4, 0.5) is 0 Å². The number of hydrogen-bond donors (Lipinski definition) is 1. The van der Waals surface area contributed by atoms with Crippen molar-refractivity contribution in [2.24, 2.45) is 11.7 Å². The van der Waals surface area contributed by atoms with Crippen LogP contribution < -0.4 is 5.73 Å². The van der Waals surface area contributed by atoms with E-state index in [1.54, 1.807) is 11.3 Å². The van der Waals surface area contributed by atoms with Crippen LogP contribution in [0.5, 0.6) is 0 Å². The zero-order valence-electron chi connectivity index (χ0n) is 15.3. The number of amides is 1. The Morgan fingerprint density at radius 1 is 1.23 bits per heavy atom. The highest BCUT2D eigenvalue weighted by molar-refractivity contribution is 7.10. The summed E-state index contributed by atoms with van der Waals surface area (Å²) in [6.45, 7) is 8.36. The Morgan fingerprint density at radius 3 is 2.42 bits per heavy atom. The molecule has 0 radical (unpaired) electrons. The fourth-order valence-electron chi connectivity index (χ4n) is 3.23. The number of nitrogens with zero attached hydrogens (tertiary/aromatic N) is 2. The SMILES string of the molecule is CC(C)(C)c1nc(C(=O)N2C[C@@H](CN)[C@H](c3ccccc3)C2)cs1.Cl.Cl. The lowest BCUT2D eigenvalue weighted by Gasteiger charge is -2.16. The number of rotatable bonds is 3. The van der Waals surface area contributed by atoms with Gasteiger partial charge in [0.05, 0.1) is 5.01 Å². The van der Waals surface area contributed by atoms with Crippen LogP contribution in [0, 0.1) is 5.92 Å². The summed E-state index contributed by atoms with van der Waals surface area (Å²) in [4.78, 5) is 19.3. The van der Waals surface area contributed by atoms with Gasteiger partial charge in [-0.05, 0) is 18.0 Å². The average molecular weight is 416 g/mol. The fourth-order valence-corrected chi connectivity index (χ4v) is 4.11. The molecular weight excluding hydrogens is 389 g/mol. The van der Waals surface area contributed by atoms with Gasteiger partial charge in [-0.1, -0.05) is 51.1 Å². The number of nitrogens with two attached hydrogens (primary N) is 1. The number of carbonyl (C=O) groups excluding carboxylic acids is 1. The van der Waals surface area contributed by atoms with Gasteiger partial charge in [-0.25, -0.2) is 4.98 Å². The van der Waals surface area contributed by atoms with E-state index < -0.39 is 0 Å².